The standard InChI is InChI=1S/C11H25N.C8H20N2/c1-2-3-4-5-6-7-8-9-10-11-12;9-7-5-3-1-2-4-6-8-10/h2-12H2,1H3;1-10H2. The second-order valence-corrected chi connectivity index (χ2v) is 6.32. The third-order valence-electron chi connectivity index (χ3n) is 3.97. The van der Waals surface area contributed by atoms with Crippen molar-refractivity contribution in [2.24, 2.45) is 17.2 Å². The van der Waals surface area contributed by atoms with Gasteiger partial charge in [0.25, 0.3) is 0 Å². The van der Waals surface area contributed by atoms with Crippen molar-refractivity contribution in [3.63, 3.8) is 0 Å². The molecule has 0 unspecified atom stereocenters. The minimum atomic E-state index is 0.844. The van der Waals surface area contributed by atoms with Gasteiger partial charge in [0.2, 0.25) is 0 Å². The van der Waals surface area contributed by atoms with E-state index in [-0.39, 0.29) is 0 Å². The van der Waals surface area contributed by atoms with E-state index in [2.05, 4.69) is 6.92 Å². The van der Waals surface area contributed by atoms with Gasteiger partial charge in [0.1, 0.15) is 0 Å². The lowest BCUT2D eigenvalue weighted by Crippen LogP contribution is -1.99. The van der Waals surface area contributed by atoms with Crippen LogP contribution in [0.15, 0.2) is 0 Å². The molecule has 0 aliphatic rings. The molecular weight excluding hydrogens is 270 g/mol. The van der Waals surface area contributed by atoms with Gasteiger partial charge in [-0.25, -0.2) is 0 Å². The average Bonchev–Trinajstić information content (AvgIpc) is 2.54. The summed E-state index contributed by atoms with van der Waals surface area (Å²) in [5.41, 5.74) is 16.1. The van der Waals surface area contributed by atoms with Gasteiger partial charge in [0, 0.05) is 0 Å². The van der Waals surface area contributed by atoms with Crippen molar-refractivity contribution in [1.29, 1.82) is 0 Å². The summed E-state index contributed by atoms with van der Waals surface area (Å²) >= 11 is 0. The van der Waals surface area contributed by atoms with Crippen LogP contribution >= 0.6 is 0 Å². The Morgan fingerprint density at radius 3 is 0.818 bits per heavy atom. The maximum Gasteiger partial charge on any atom is -0.00773 e. The van der Waals surface area contributed by atoms with Crippen LogP contribution in [0.2, 0.25) is 0 Å². The van der Waals surface area contributed by atoms with Crippen molar-refractivity contribution >= 4 is 0 Å². The van der Waals surface area contributed by atoms with E-state index in [0.29, 0.717) is 0 Å². The Hall–Kier alpha value is -0.120. The quantitative estimate of drug-likeness (QED) is 0.361. The SMILES string of the molecule is CCCCCCCCCCCN.NCCCCCCCCN. The molecule has 0 saturated carbocycles. The van der Waals surface area contributed by atoms with Crippen LogP contribution in [0.4, 0.5) is 0 Å². The fourth-order valence-corrected chi connectivity index (χ4v) is 2.45. The maximum absolute atomic E-state index is 5.41. The Kier molecular flexibility index (Phi) is 28.3. The van der Waals surface area contributed by atoms with E-state index in [1.54, 1.807) is 0 Å². The fraction of sp³-hybridized carbons (Fsp3) is 1.00. The maximum atomic E-state index is 5.41. The van der Waals surface area contributed by atoms with Gasteiger partial charge in [-0.2, -0.15) is 0 Å². The van der Waals surface area contributed by atoms with Gasteiger partial charge in [0.15, 0.2) is 0 Å². The summed E-state index contributed by atoms with van der Waals surface area (Å²) in [5, 5.41) is 0. The molecule has 22 heavy (non-hydrogen) atoms. The zero-order valence-corrected chi connectivity index (χ0v) is 15.5. The molecule has 3 heteroatoms. The highest BCUT2D eigenvalue weighted by molar-refractivity contribution is 4.47. The molecule has 0 amide bonds. The molecule has 0 radical (unpaired) electrons. The molecule has 0 aromatic heterocycles. The van der Waals surface area contributed by atoms with Crippen LogP contribution in [0.5, 0.6) is 0 Å². The minimum Gasteiger partial charge on any atom is -0.330 e. The Bertz CT molecular complexity index is 145. The number of rotatable bonds is 16. The van der Waals surface area contributed by atoms with Gasteiger partial charge in [-0.3, -0.25) is 0 Å². The van der Waals surface area contributed by atoms with Crippen LogP contribution in [0.25, 0.3) is 0 Å². The zero-order valence-electron chi connectivity index (χ0n) is 15.5. The van der Waals surface area contributed by atoms with Crippen molar-refractivity contribution in [1.82, 2.24) is 0 Å². The summed E-state index contributed by atoms with van der Waals surface area (Å²) in [4.78, 5) is 0. The Balaban J connectivity index is 0. The van der Waals surface area contributed by atoms with Gasteiger partial charge in [-0.1, -0.05) is 84.0 Å². The van der Waals surface area contributed by atoms with Crippen LogP contribution < -0.4 is 17.2 Å². The molecule has 0 saturated heterocycles. The first-order valence-electron chi connectivity index (χ1n) is 9.93. The summed E-state index contributed by atoms with van der Waals surface area (Å²) in [5.74, 6) is 0. The van der Waals surface area contributed by atoms with Gasteiger partial charge < -0.3 is 17.2 Å². The summed E-state index contributed by atoms with van der Waals surface area (Å²) < 4.78 is 0. The predicted octanol–water partition coefficient (Wildman–Crippen LogP) is 4.72. The molecule has 0 atom stereocenters. The van der Waals surface area contributed by atoms with Crippen molar-refractivity contribution in [3.8, 4) is 0 Å². The lowest BCUT2D eigenvalue weighted by molar-refractivity contribution is 0.567. The summed E-state index contributed by atoms with van der Waals surface area (Å²) in [7, 11) is 0. The molecule has 0 aliphatic carbocycles. The molecule has 136 valence electrons. The lowest BCUT2D eigenvalue weighted by atomic mass is 10.1. The van der Waals surface area contributed by atoms with Crippen LogP contribution in [0, 0.1) is 0 Å². The highest BCUT2D eigenvalue weighted by atomic mass is 14.5. The first kappa shape index (κ1) is 24.1. The monoisotopic (exact) mass is 315 g/mol. The van der Waals surface area contributed by atoms with E-state index >= 15 is 0 Å². The van der Waals surface area contributed by atoms with Gasteiger partial charge in [-0.05, 0) is 38.9 Å². The molecule has 0 rings (SSSR count). The van der Waals surface area contributed by atoms with E-state index in [1.165, 1.54) is 96.3 Å². The second-order valence-electron chi connectivity index (χ2n) is 6.32. The van der Waals surface area contributed by atoms with E-state index in [1.807, 2.05) is 0 Å². The van der Waals surface area contributed by atoms with Crippen LogP contribution in [0.3, 0.4) is 0 Å². The van der Waals surface area contributed by atoms with Crippen molar-refractivity contribution in [2.75, 3.05) is 19.6 Å². The number of unbranched alkanes of at least 4 members (excludes halogenated alkanes) is 13. The molecule has 0 fully saturated rings. The van der Waals surface area contributed by atoms with Crippen molar-refractivity contribution in [3.05, 3.63) is 0 Å². The van der Waals surface area contributed by atoms with E-state index in [9.17, 15) is 0 Å². The first-order chi connectivity index (χ1) is 10.8. The van der Waals surface area contributed by atoms with E-state index < -0.39 is 0 Å². The van der Waals surface area contributed by atoms with E-state index in [4.69, 9.17) is 17.2 Å². The van der Waals surface area contributed by atoms with E-state index in [0.717, 1.165) is 19.6 Å². The average molecular weight is 316 g/mol. The summed E-state index contributed by atoms with van der Waals surface area (Å²) in [6.07, 6.45) is 20.1. The fourth-order valence-electron chi connectivity index (χ4n) is 2.45. The smallest absolute Gasteiger partial charge is 0.00773 e. The minimum absolute atomic E-state index is 0.844. The largest absolute Gasteiger partial charge is 0.330 e. The Morgan fingerprint density at radius 1 is 0.364 bits per heavy atom. The molecule has 0 aromatic carbocycles. The molecule has 6 N–H and O–H groups in total. The van der Waals surface area contributed by atoms with Crippen LogP contribution in [0.1, 0.15) is 103 Å². The van der Waals surface area contributed by atoms with Gasteiger partial charge in [-0.15, -0.1) is 0 Å². The highest BCUT2D eigenvalue weighted by Crippen LogP contribution is 2.08. The molecule has 0 aliphatic heterocycles. The Labute approximate surface area is 140 Å². The molecular formula is C19H45N3. The van der Waals surface area contributed by atoms with Gasteiger partial charge >= 0.3 is 0 Å². The third kappa shape index (κ3) is 28.1. The molecule has 0 bridgehead atoms. The predicted molar refractivity (Wildman–Crippen MR) is 102 cm³/mol. The van der Waals surface area contributed by atoms with Crippen LogP contribution in [-0.4, -0.2) is 19.6 Å². The summed E-state index contributed by atoms with van der Waals surface area (Å²) in [6, 6.07) is 0. The molecule has 0 heterocycles. The Morgan fingerprint density at radius 2 is 0.591 bits per heavy atom. The first-order valence-corrected chi connectivity index (χ1v) is 9.93. The highest BCUT2D eigenvalue weighted by Gasteiger charge is 1.90. The van der Waals surface area contributed by atoms with Gasteiger partial charge in [0.05, 0.1) is 0 Å². The van der Waals surface area contributed by atoms with Crippen LogP contribution in [-0.2, 0) is 0 Å². The second kappa shape index (κ2) is 25.8. The molecule has 3 nitrogen and oxygen atoms in total. The number of hydrogen-bond donors (Lipinski definition) is 3. The molecule has 0 aromatic rings. The van der Waals surface area contributed by atoms with Crippen molar-refractivity contribution < 1.29 is 0 Å². The zero-order chi connectivity index (χ0) is 16.7. The summed E-state index contributed by atoms with van der Waals surface area (Å²) in [6.45, 7) is 4.82. The number of hydrogen-bond acceptors (Lipinski definition) is 3. The van der Waals surface area contributed by atoms with Crippen molar-refractivity contribution in [2.45, 2.75) is 103 Å². The lowest BCUT2D eigenvalue weighted by Gasteiger charge is -1.99. The molecule has 0 spiro atoms. The number of nitrogens with two attached hydrogens (primary N) is 3. The normalized spacial score (nSPS) is 10.4. The third-order valence-corrected chi connectivity index (χ3v) is 3.97. The topological polar surface area (TPSA) is 78.1 Å².